The number of aryl methyl sites for hydroxylation is 1. The number of aromatic nitrogens is 2. The van der Waals surface area contributed by atoms with Gasteiger partial charge in [0, 0.05) is 17.2 Å². The molecule has 3 heteroatoms. The average Bonchev–Trinajstić information content (AvgIpc) is 2.69. The highest BCUT2D eigenvalue weighted by Gasteiger charge is 2.17. The zero-order valence-electron chi connectivity index (χ0n) is 12.2. The van der Waals surface area contributed by atoms with Crippen LogP contribution in [-0.2, 0) is 6.42 Å². The molecule has 102 valence electrons. The minimum atomic E-state index is 0.0473. The Bertz CT molecular complexity index is 603. The van der Waals surface area contributed by atoms with Crippen LogP contribution in [-0.4, -0.2) is 9.78 Å². The van der Waals surface area contributed by atoms with E-state index >= 15 is 0 Å². The first kappa shape index (κ1) is 13.7. The van der Waals surface area contributed by atoms with Crippen LogP contribution in [0, 0.1) is 6.92 Å². The molecule has 0 saturated carbocycles. The smallest absolute Gasteiger partial charge is 0.267 e. The van der Waals surface area contributed by atoms with Gasteiger partial charge in [0.15, 0.2) is 0 Å². The number of hydrogen-bond donors (Lipinski definition) is 1. The number of rotatable bonds is 4. The monoisotopic (exact) mass is 258 g/mol. The lowest BCUT2D eigenvalue weighted by Gasteiger charge is -2.13. The molecule has 0 aliphatic rings. The van der Waals surface area contributed by atoms with Gasteiger partial charge in [0.2, 0.25) is 0 Å². The molecular weight excluding hydrogens is 236 g/mol. The van der Waals surface area contributed by atoms with Crippen LogP contribution < -0.4 is 5.56 Å². The van der Waals surface area contributed by atoms with Gasteiger partial charge in [-0.25, -0.2) is 0 Å². The van der Waals surface area contributed by atoms with E-state index in [9.17, 15) is 4.79 Å². The molecular formula is C16H22N2O. The molecule has 0 spiro atoms. The minimum Gasteiger partial charge on any atom is -0.282 e. The van der Waals surface area contributed by atoms with Gasteiger partial charge in [-0.15, -0.1) is 0 Å². The van der Waals surface area contributed by atoms with Gasteiger partial charge in [-0.2, -0.15) is 0 Å². The zero-order valence-corrected chi connectivity index (χ0v) is 12.2. The molecule has 2 aromatic rings. The fraction of sp³-hybridized carbons (Fsp3) is 0.438. The third-order valence-corrected chi connectivity index (χ3v) is 3.36. The molecule has 0 radical (unpaired) electrons. The van der Waals surface area contributed by atoms with Gasteiger partial charge in [-0.3, -0.25) is 14.6 Å². The van der Waals surface area contributed by atoms with Crippen LogP contribution in [0.2, 0.25) is 0 Å². The maximum absolute atomic E-state index is 12.1. The number of aromatic amines is 1. The summed E-state index contributed by atoms with van der Waals surface area (Å²) in [6.07, 6.45) is 1.79. The van der Waals surface area contributed by atoms with Crippen molar-refractivity contribution in [2.75, 3.05) is 0 Å². The standard InChI is InChI=1S/C16H22N2O/c1-5-6-14-15(13-9-7-12(4)8-10-13)18(11(2)3)17-16(14)19/h7-11H,5-6H2,1-4H3,(H,17,19). The molecule has 3 nitrogen and oxygen atoms in total. The Morgan fingerprint density at radius 2 is 1.84 bits per heavy atom. The molecule has 0 aliphatic carbocycles. The first-order valence-corrected chi connectivity index (χ1v) is 6.95. The minimum absolute atomic E-state index is 0.0473. The van der Waals surface area contributed by atoms with Crippen molar-refractivity contribution in [2.24, 2.45) is 0 Å². The van der Waals surface area contributed by atoms with Crippen LogP contribution in [0.4, 0.5) is 0 Å². The van der Waals surface area contributed by atoms with Crippen molar-refractivity contribution >= 4 is 0 Å². The fourth-order valence-electron chi connectivity index (χ4n) is 2.38. The van der Waals surface area contributed by atoms with Crippen LogP contribution in [0.5, 0.6) is 0 Å². The summed E-state index contributed by atoms with van der Waals surface area (Å²) < 4.78 is 1.98. The average molecular weight is 258 g/mol. The summed E-state index contributed by atoms with van der Waals surface area (Å²) in [5, 5.41) is 2.97. The Morgan fingerprint density at radius 3 is 2.37 bits per heavy atom. The van der Waals surface area contributed by atoms with E-state index in [2.05, 4.69) is 57.1 Å². The predicted octanol–water partition coefficient (Wildman–Crippen LogP) is 3.69. The first-order chi connectivity index (χ1) is 9.04. The molecule has 1 aromatic carbocycles. The topological polar surface area (TPSA) is 37.8 Å². The van der Waals surface area contributed by atoms with Crippen molar-refractivity contribution in [2.45, 2.75) is 46.6 Å². The first-order valence-electron chi connectivity index (χ1n) is 6.95. The molecule has 0 unspecified atom stereocenters. The molecule has 0 aliphatic heterocycles. The predicted molar refractivity (Wildman–Crippen MR) is 79.6 cm³/mol. The van der Waals surface area contributed by atoms with Crippen molar-refractivity contribution in [1.82, 2.24) is 9.78 Å². The highest BCUT2D eigenvalue weighted by atomic mass is 16.1. The summed E-state index contributed by atoms with van der Waals surface area (Å²) in [7, 11) is 0. The second-order valence-corrected chi connectivity index (χ2v) is 5.35. The van der Waals surface area contributed by atoms with E-state index in [-0.39, 0.29) is 11.6 Å². The van der Waals surface area contributed by atoms with Gasteiger partial charge in [-0.05, 0) is 27.2 Å². The van der Waals surface area contributed by atoms with E-state index in [0.717, 1.165) is 29.7 Å². The van der Waals surface area contributed by atoms with Gasteiger partial charge in [0.25, 0.3) is 5.56 Å². The Hall–Kier alpha value is -1.77. The number of H-pyrrole nitrogens is 1. The van der Waals surface area contributed by atoms with E-state index in [1.54, 1.807) is 0 Å². The molecule has 0 amide bonds. The Morgan fingerprint density at radius 1 is 1.21 bits per heavy atom. The summed E-state index contributed by atoms with van der Waals surface area (Å²) in [6.45, 7) is 8.35. The zero-order chi connectivity index (χ0) is 14.0. The molecule has 1 heterocycles. The van der Waals surface area contributed by atoms with Crippen molar-refractivity contribution in [3.63, 3.8) is 0 Å². The lowest BCUT2D eigenvalue weighted by Crippen LogP contribution is -2.09. The van der Waals surface area contributed by atoms with Gasteiger partial charge >= 0.3 is 0 Å². The van der Waals surface area contributed by atoms with Gasteiger partial charge in [-0.1, -0.05) is 43.2 Å². The quantitative estimate of drug-likeness (QED) is 0.892. The largest absolute Gasteiger partial charge is 0.282 e. The molecule has 2 rings (SSSR count). The Kier molecular flexibility index (Phi) is 3.93. The van der Waals surface area contributed by atoms with Crippen molar-refractivity contribution < 1.29 is 0 Å². The maximum atomic E-state index is 12.1. The van der Waals surface area contributed by atoms with E-state index < -0.39 is 0 Å². The van der Waals surface area contributed by atoms with E-state index in [4.69, 9.17) is 0 Å². The van der Waals surface area contributed by atoms with E-state index in [1.807, 2.05) is 4.68 Å². The van der Waals surface area contributed by atoms with Crippen LogP contribution in [0.15, 0.2) is 29.1 Å². The third kappa shape index (κ3) is 2.65. The van der Waals surface area contributed by atoms with Crippen LogP contribution >= 0.6 is 0 Å². The van der Waals surface area contributed by atoms with Crippen LogP contribution in [0.3, 0.4) is 0 Å². The number of nitrogens with zero attached hydrogens (tertiary/aromatic N) is 1. The van der Waals surface area contributed by atoms with Crippen molar-refractivity contribution in [3.8, 4) is 11.3 Å². The Balaban J connectivity index is 2.64. The molecule has 0 saturated heterocycles. The molecule has 0 atom stereocenters. The maximum Gasteiger partial charge on any atom is 0.267 e. The summed E-state index contributed by atoms with van der Waals surface area (Å²) in [5.74, 6) is 0. The summed E-state index contributed by atoms with van der Waals surface area (Å²) in [6, 6.07) is 8.61. The highest BCUT2D eigenvalue weighted by Crippen LogP contribution is 2.25. The van der Waals surface area contributed by atoms with Gasteiger partial charge in [0.05, 0.1) is 5.69 Å². The van der Waals surface area contributed by atoms with Gasteiger partial charge in [0.1, 0.15) is 0 Å². The summed E-state index contributed by atoms with van der Waals surface area (Å²) in [5.41, 5.74) is 4.34. The fourth-order valence-corrected chi connectivity index (χ4v) is 2.38. The normalized spacial score (nSPS) is 11.2. The number of benzene rings is 1. The molecule has 1 N–H and O–H groups in total. The molecule has 0 fully saturated rings. The lowest BCUT2D eigenvalue weighted by atomic mass is 10.0. The van der Waals surface area contributed by atoms with Crippen LogP contribution in [0.25, 0.3) is 11.3 Å². The summed E-state index contributed by atoms with van der Waals surface area (Å²) >= 11 is 0. The molecule has 1 aromatic heterocycles. The lowest BCUT2D eigenvalue weighted by molar-refractivity contribution is 0.534. The third-order valence-electron chi connectivity index (χ3n) is 3.36. The van der Waals surface area contributed by atoms with E-state index in [1.165, 1.54) is 5.56 Å². The number of nitrogens with one attached hydrogen (secondary N) is 1. The second kappa shape index (κ2) is 5.47. The summed E-state index contributed by atoms with van der Waals surface area (Å²) in [4.78, 5) is 12.1. The van der Waals surface area contributed by atoms with Gasteiger partial charge < -0.3 is 0 Å². The van der Waals surface area contributed by atoms with Crippen LogP contribution in [0.1, 0.15) is 44.4 Å². The highest BCUT2D eigenvalue weighted by molar-refractivity contribution is 5.63. The van der Waals surface area contributed by atoms with E-state index in [0.29, 0.717) is 0 Å². The SMILES string of the molecule is CCCc1c(-c2ccc(C)cc2)n(C(C)C)[nH]c1=O. The van der Waals surface area contributed by atoms with Crippen molar-refractivity contribution in [1.29, 1.82) is 0 Å². The Labute approximate surface area is 114 Å². The molecule has 19 heavy (non-hydrogen) atoms. The second-order valence-electron chi connectivity index (χ2n) is 5.35. The van der Waals surface area contributed by atoms with Crippen molar-refractivity contribution in [3.05, 3.63) is 45.7 Å². The number of hydrogen-bond acceptors (Lipinski definition) is 1. The molecule has 0 bridgehead atoms.